The number of piperidine rings is 1. The van der Waals surface area contributed by atoms with Crippen molar-refractivity contribution in [2.24, 2.45) is 0 Å². The van der Waals surface area contributed by atoms with Crippen molar-refractivity contribution in [3.8, 4) is 0 Å². The van der Waals surface area contributed by atoms with E-state index >= 15 is 0 Å². The topological polar surface area (TPSA) is 35.6 Å². The Hall–Kier alpha value is -0.610. The molecule has 4 nitrogen and oxygen atoms in total. The van der Waals surface area contributed by atoms with E-state index < -0.39 is 0 Å². The van der Waals surface area contributed by atoms with E-state index in [0.717, 1.165) is 38.6 Å². The van der Waals surface area contributed by atoms with Crippen molar-refractivity contribution >= 4 is 5.91 Å². The molecule has 2 saturated heterocycles. The maximum Gasteiger partial charge on any atom is 0.241 e. The van der Waals surface area contributed by atoms with Crippen molar-refractivity contribution in [1.82, 2.24) is 15.1 Å². The Balaban J connectivity index is 2.06. The number of carbonyl (C=O) groups excluding carboxylic acids is 1. The van der Waals surface area contributed by atoms with Crippen LogP contribution in [0.2, 0.25) is 0 Å². The largest absolute Gasteiger partial charge is 0.323 e. The number of hydrogen-bond acceptors (Lipinski definition) is 3. The molecule has 110 valence electrons. The number of hydrogen-bond donors (Lipinski definition) is 1. The second kappa shape index (κ2) is 6.23. The Morgan fingerprint density at radius 3 is 2.68 bits per heavy atom. The van der Waals surface area contributed by atoms with E-state index in [-0.39, 0.29) is 12.2 Å². The summed E-state index contributed by atoms with van der Waals surface area (Å²) in [5.74, 6) is 0.343. The van der Waals surface area contributed by atoms with E-state index in [4.69, 9.17) is 0 Å². The molecule has 2 rings (SSSR count). The third-order valence-electron chi connectivity index (χ3n) is 4.82. The van der Waals surface area contributed by atoms with Crippen LogP contribution in [0.3, 0.4) is 0 Å². The molecule has 2 aliphatic rings. The smallest absolute Gasteiger partial charge is 0.241 e. The lowest BCUT2D eigenvalue weighted by Crippen LogP contribution is -2.51. The SMILES string of the molecule is CCCC1NC(CC)N(C2CCN(C)C(C)C2)C1=O. The number of nitrogens with one attached hydrogen (secondary N) is 1. The maximum atomic E-state index is 12.6. The standard InChI is InChI=1S/C15H29N3O/c1-5-7-13-15(19)18(14(6-2)16-13)12-8-9-17(4)11(3)10-12/h11-14,16H,5-10H2,1-4H3. The minimum Gasteiger partial charge on any atom is -0.323 e. The molecule has 0 saturated carbocycles. The summed E-state index contributed by atoms with van der Waals surface area (Å²) < 4.78 is 0. The van der Waals surface area contributed by atoms with Gasteiger partial charge in [-0.25, -0.2) is 0 Å². The second-order valence-corrected chi connectivity index (χ2v) is 6.19. The van der Waals surface area contributed by atoms with E-state index in [1.54, 1.807) is 0 Å². The minimum atomic E-state index is 0.0601. The van der Waals surface area contributed by atoms with Gasteiger partial charge in [0.15, 0.2) is 0 Å². The molecular formula is C15H29N3O. The number of rotatable bonds is 4. The first-order valence-electron chi connectivity index (χ1n) is 7.86. The Morgan fingerprint density at radius 2 is 2.11 bits per heavy atom. The van der Waals surface area contributed by atoms with Gasteiger partial charge in [0, 0.05) is 18.6 Å². The van der Waals surface area contributed by atoms with Crippen LogP contribution in [-0.4, -0.2) is 53.6 Å². The van der Waals surface area contributed by atoms with Crippen molar-refractivity contribution < 1.29 is 4.79 Å². The summed E-state index contributed by atoms with van der Waals surface area (Å²) in [7, 11) is 2.18. The Bertz CT molecular complexity index is 321. The van der Waals surface area contributed by atoms with Crippen molar-refractivity contribution in [3.05, 3.63) is 0 Å². The summed E-state index contributed by atoms with van der Waals surface area (Å²) in [5.41, 5.74) is 0. The molecule has 4 atom stereocenters. The lowest BCUT2D eigenvalue weighted by Gasteiger charge is -2.41. The van der Waals surface area contributed by atoms with E-state index in [1.807, 2.05) is 0 Å². The molecule has 0 bridgehead atoms. The molecule has 1 amide bonds. The van der Waals surface area contributed by atoms with Crippen LogP contribution in [0.1, 0.15) is 52.9 Å². The predicted molar refractivity (Wildman–Crippen MR) is 77.9 cm³/mol. The molecular weight excluding hydrogens is 238 g/mol. The fourth-order valence-corrected chi connectivity index (χ4v) is 3.48. The van der Waals surface area contributed by atoms with E-state index in [1.165, 1.54) is 0 Å². The van der Waals surface area contributed by atoms with Gasteiger partial charge in [-0.15, -0.1) is 0 Å². The molecule has 19 heavy (non-hydrogen) atoms. The highest BCUT2D eigenvalue weighted by molar-refractivity contribution is 5.84. The molecule has 0 aromatic heterocycles. The van der Waals surface area contributed by atoms with Crippen LogP contribution in [-0.2, 0) is 4.79 Å². The molecule has 4 unspecified atom stereocenters. The van der Waals surface area contributed by atoms with Crippen molar-refractivity contribution in [2.75, 3.05) is 13.6 Å². The molecule has 2 fully saturated rings. The summed E-state index contributed by atoms with van der Waals surface area (Å²) in [4.78, 5) is 17.2. The quantitative estimate of drug-likeness (QED) is 0.844. The van der Waals surface area contributed by atoms with E-state index in [2.05, 4.69) is 42.9 Å². The number of carbonyl (C=O) groups is 1. The highest BCUT2D eigenvalue weighted by Crippen LogP contribution is 2.27. The molecule has 2 aliphatic heterocycles. The summed E-state index contributed by atoms with van der Waals surface area (Å²) in [5, 5.41) is 3.53. The Morgan fingerprint density at radius 1 is 1.37 bits per heavy atom. The lowest BCUT2D eigenvalue weighted by atomic mass is 9.96. The Labute approximate surface area is 117 Å². The number of nitrogens with zero attached hydrogens (tertiary/aromatic N) is 2. The normalized spacial score (nSPS) is 37.1. The van der Waals surface area contributed by atoms with Crippen LogP contribution in [0, 0.1) is 0 Å². The Kier molecular flexibility index (Phi) is 4.85. The molecule has 2 heterocycles. The van der Waals surface area contributed by atoms with Gasteiger partial charge in [0.05, 0.1) is 12.2 Å². The fraction of sp³-hybridized carbons (Fsp3) is 0.933. The monoisotopic (exact) mass is 267 g/mol. The molecule has 1 N–H and O–H groups in total. The van der Waals surface area contributed by atoms with Gasteiger partial charge in [0.25, 0.3) is 0 Å². The molecule has 4 heteroatoms. The first kappa shape index (κ1) is 14.8. The van der Waals surface area contributed by atoms with Gasteiger partial charge in [-0.05, 0) is 39.7 Å². The van der Waals surface area contributed by atoms with Crippen LogP contribution < -0.4 is 5.32 Å². The first-order chi connectivity index (χ1) is 9.08. The summed E-state index contributed by atoms with van der Waals surface area (Å²) >= 11 is 0. The fourth-order valence-electron chi connectivity index (χ4n) is 3.48. The number of likely N-dealkylation sites (tertiary alicyclic amines) is 1. The van der Waals surface area contributed by atoms with Crippen LogP contribution >= 0.6 is 0 Å². The van der Waals surface area contributed by atoms with Gasteiger partial charge < -0.3 is 9.80 Å². The highest BCUT2D eigenvalue weighted by atomic mass is 16.2. The van der Waals surface area contributed by atoms with Gasteiger partial charge in [-0.2, -0.15) is 0 Å². The van der Waals surface area contributed by atoms with Gasteiger partial charge >= 0.3 is 0 Å². The van der Waals surface area contributed by atoms with Crippen molar-refractivity contribution in [3.63, 3.8) is 0 Å². The molecule has 0 aliphatic carbocycles. The van der Waals surface area contributed by atoms with Gasteiger partial charge in [0.1, 0.15) is 0 Å². The van der Waals surface area contributed by atoms with Crippen LogP contribution in [0.15, 0.2) is 0 Å². The average Bonchev–Trinajstić information content (AvgIpc) is 2.70. The number of amides is 1. The van der Waals surface area contributed by atoms with Crippen molar-refractivity contribution in [2.45, 2.75) is 77.2 Å². The van der Waals surface area contributed by atoms with Gasteiger partial charge in [-0.3, -0.25) is 10.1 Å². The lowest BCUT2D eigenvalue weighted by molar-refractivity contribution is -0.133. The van der Waals surface area contributed by atoms with Crippen LogP contribution in [0.5, 0.6) is 0 Å². The van der Waals surface area contributed by atoms with Gasteiger partial charge in [-0.1, -0.05) is 20.3 Å². The van der Waals surface area contributed by atoms with Crippen LogP contribution in [0.4, 0.5) is 0 Å². The summed E-state index contributed by atoms with van der Waals surface area (Å²) in [6, 6.07) is 1.07. The summed E-state index contributed by atoms with van der Waals surface area (Å²) in [6.07, 6.45) is 5.52. The van der Waals surface area contributed by atoms with Crippen molar-refractivity contribution in [1.29, 1.82) is 0 Å². The maximum absolute atomic E-state index is 12.6. The van der Waals surface area contributed by atoms with E-state index in [9.17, 15) is 4.79 Å². The third-order valence-corrected chi connectivity index (χ3v) is 4.82. The zero-order chi connectivity index (χ0) is 14.0. The summed E-state index contributed by atoms with van der Waals surface area (Å²) in [6.45, 7) is 7.69. The zero-order valence-electron chi connectivity index (χ0n) is 12.9. The molecule has 0 aromatic rings. The second-order valence-electron chi connectivity index (χ2n) is 6.19. The first-order valence-corrected chi connectivity index (χ1v) is 7.86. The highest BCUT2D eigenvalue weighted by Gasteiger charge is 2.42. The van der Waals surface area contributed by atoms with E-state index in [0.29, 0.717) is 18.0 Å². The van der Waals surface area contributed by atoms with Crippen LogP contribution in [0.25, 0.3) is 0 Å². The predicted octanol–water partition coefficient (Wildman–Crippen LogP) is 1.81. The minimum absolute atomic E-state index is 0.0601. The molecule has 0 radical (unpaired) electrons. The molecule has 0 spiro atoms. The van der Waals surface area contributed by atoms with Gasteiger partial charge in [0.2, 0.25) is 5.91 Å². The zero-order valence-corrected chi connectivity index (χ0v) is 12.9. The molecule has 0 aromatic carbocycles. The third kappa shape index (κ3) is 2.95. The average molecular weight is 267 g/mol.